The van der Waals surface area contributed by atoms with E-state index in [9.17, 15) is 14.4 Å². The van der Waals surface area contributed by atoms with Crippen LogP contribution in [-0.4, -0.2) is 35.3 Å². The fourth-order valence-corrected chi connectivity index (χ4v) is 3.68. The van der Waals surface area contributed by atoms with Crippen LogP contribution in [0.2, 0.25) is 0 Å². The number of rotatable bonds is 4. The Kier molecular flexibility index (Phi) is 6.26. The van der Waals surface area contributed by atoms with Crippen LogP contribution in [0.25, 0.3) is 0 Å². The number of nitrogens with zero attached hydrogens (tertiary/aromatic N) is 3. The summed E-state index contributed by atoms with van der Waals surface area (Å²) in [6.07, 6.45) is 1.77. The number of thioether (sulfide) groups is 1. The molecule has 3 rings (SSSR count). The first kappa shape index (κ1) is 20.1. The molecule has 2 aromatic rings. The van der Waals surface area contributed by atoms with Gasteiger partial charge in [0.2, 0.25) is 11.8 Å². The first-order valence-electron chi connectivity index (χ1n) is 8.54. The van der Waals surface area contributed by atoms with E-state index in [1.54, 1.807) is 30.5 Å². The van der Waals surface area contributed by atoms with Gasteiger partial charge in [-0.3, -0.25) is 14.9 Å². The van der Waals surface area contributed by atoms with Crippen molar-refractivity contribution < 1.29 is 19.1 Å². The zero-order valence-corrected chi connectivity index (χ0v) is 16.2. The average molecular weight is 408 g/mol. The van der Waals surface area contributed by atoms with Gasteiger partial charge in [0.15, 0.2) is 11.4 Å². The number of para-hydroxylation sites is 1. The van der Waals surface area contributed by atoms with Crippen molar-refractivity contribution in [2.24, 2.45) is 4.99 Å². The number of aliphatic imine (C=N–C) groups is 1. The van der Waals surface area contributed by atoms with Crippen molar-refractivity contribution in [3.8, 4) is 6.19 Å². The fourth-order valence-electron chi connectivity index (χ4n) is 2.72. The van der Waals surface area contributed by atoms with Gasteiger partial charge in [0.05, 0.1) is 24.0 Å². The van der Waals surface area contributed by atoms with Crippen LogP contribution in [0.15, 0.2) is 59.6 Å². The maximum Gasteiger partial charge on any atom is 0.337 e. The normalized spacial score (nSPS) is 16.5. The Hall–Kier alpha value is -3.64. The number of esters is 1. The van der Waals surface area contributed by atoms with E-state index in [1.165, 1.54) is 31.4 Å². The summed E-state index contributed by atoms with van der Waals surface area (Å²) in [6.45, 7) is 0. The predicted octanol–water partition coefficient (Wildman–Crippen LogP) is 2.60. The second kappa shape index (κ2) is 9.03. The minimum absolute atomic E-state index is 0.0246. The number of amides is 2. The van der Waals surface area contributed by atoms with Crippen LogP contribution < -0.4 is 10.2 Å². The number of carbonyl (C=O) groups is 3. The third kappa shape index (κ3) is 4.62. The zero-order chi connectivity index (χ0) is 20.8. The number of hydrogen-bond acceptors (Lipinski definition) is 7. The second-order valence-corrected chi connectivity index (χ2v) is 7.10. The highest BCUT2D eigenvalue weighted by atomic mass is 32.2. The smallest absolute Gasteiger partial charge is 0.337 e. The largest absolute Gasteiger partial charge is 0.465 e. The number of ether oxygens (including phenoxy) is 1. The molecule has 1 N–H and O–H groups in total. The van der Waals surface area contributed by atoms with Gasteiger partial charge in [-0.25, -0.2) is 14.7 Å². The molecule has 0 bridgehead atoms. The Morgan fingerprint density at radius 2 is 1.90 bits per heavy atom. The molecule has 0 aliphatic carbocycles. The molecule has 1 unspecified atom stereocenters. The maximum absolute atomic E-state index is 12.8. The van der Waals surface area contributed by atoms with Gasteiger partial charge in [-0.2, -0.15) is 5.26 Å². The van der Waals surface area contributed by atoms with Gasteiger partial charge >= 0.3 is 5.97 Å². The summed E-state index contributed by atoms with van der Waals surface area (Å²) >= 11 is 1.02. The Morgan fingerprint density at radius 3 is 2.52 bits per heavy atom. The minimum Gasteiger partial charge on any atom is -0.465 e. The van der Waals surface area contributed by atoms with Crippen LogP contribution >= 0.6 is 11.8 Å². The molecule has 8 nitrogen and oxygen atoms in total. The standard InChI is InChI=1S/C20H16N4O4S/c1-28-19(27)13-7-9-15(10-8-13)24-17(25)11-16(18(24)26)29-20(22-12-21)23-14-5-3-2-4-6-14/h2-10,16H,11H2,1H3,(H,22,23). The van der Waals surface area contributed by atoms with Crippen molar-refractivity contribution in [1.29, 1.82) is 5.26 Å². The van der Waals surface area contributed by atoms with E-state index in [1.807, 2.05) is 6.07 Å². The predicted molar refractivity (Wildman–Crippen MR) is 109 cm³/mol. The third-order valence-corrected chi connectivity index (χ3v) is 5.12. The van der Waals surface area contributed by atoms with Crippen LogP contribution in [0.3, 0.4) is 0 Å². The highest BCUT2D eigenvalue weighted by molar-refractivity contribution is 8.15. The monoisotopic (exact) mass is 408 g/mol. The number of benzene rings is 2. The quantitative estimate of drug-likeness (QED) is 0.207. The summed E-state index contributed by atoms with van der Waals surface area (Å²) in [5.74, 6) is -1.28. The molecule has 1 saturated heterocycles. The van der Waals surface area contributed by atoms with E-state index in [4.69, 9.17) is 5.26 Å². The van der Waals surface area contributed by atoms with Crippen LogP contribution in [0.5, 0.6) is 0 Å². The molecule has 146 valence electrons. The SMILES string of the molecule is COC(=O)c1ccc(N2C(=O)CC(SC(=Nc3ccccc3)NC#N)C2=O)cc1. The average Bonchev–Trinajstić information content (AvgIpc) is 3.01. The molecule has 2 aromatic carbocycles. The molecule has 1 heterocycles. The van der Waals surface area contributed by atoms with Crippen molar-refractivity contribution in [3.63, 3.8) is 0 Å². The molecule has 1 fully saturated rings. The summed E-state index contributed by atoms with van der Waals surface area (Å²) in [6, 6.07) is 15.0. The van der Waals surface area contributed by atoms with Crippen LogP contribution in [0.4, 0.5) is 11.4 Å². The number of anilines is 1. The van der Waals surface area contributed by atoms with Crippen LogP contribution in [-0.2, 0) is 14.3 Å². The molecule has 1 aliphatic heterocycles. The zero-order valence-electron chi connectivity index (χ0n) is 15.4. The molecule has 1 atom stereocenters. The van der Waals surface area contributed by atoms with E-state index < -0.39 is 17.1 Å². The molecule has 2 amide bonds. The van der Waals surface area contributed by atoms with E-state index in [0.717, 1.165) is 16.7 Å². The van der Waals surface area contributed by atoms with E-state index in [0.29, 0.717) is 16.9 Å². The molecule has 0 spiro atoms. The number of nitriles is 1. The number of nitrogens with one attached hydrogen (secondary N) is 1. The minimum atomic E-state index is -0.717. The topological polar surface area (TPSA) is 112 Å². The summed E-state index contributed by atoms with van der Waals surface area (Å²) in [4.78, 5) is 42.2. The van der Waals surface area contributed by atoms with Gasteiger partial charge in [0.1, 0.15) is 5.25 Å². The van der Waals surface area contributed by atoms with Crippen LogP contribution in [0, 0.1) is 11.5 Å². The number of amidine groups is 1. The summed E-state index contributed by atoms with van der Waals surface area (Å²) in [7, 11) is 1.27. The Balaban J connectivity index is 1.78. The maximum atomic E-state index is 12.8. The Morgan fingerprint density at radius 1 is 1.21 bits per heavy atom. The molecule has 0 saturated carbocycles. The van der Waals surface area contributed by atoms with Crippen molar-refractivity contribution in [2.75, 3.05) is 12.0 Å². The third-order valence-electron chi connectivity index (χ3n) is 4.06. The fraction of sp³-hybridized carbons (Fsp3) is 0.150. The van der Waals surface area contributed by atoms with Gasteiger partial charge < -0.3 is 4.74 Å². The molecule has 1 aliphatic rings. The number of imide groups is 1. The molecular formula is C20H16N4O4S. The number of carbonyl (C=O) groups excluding carboxylic acids is 3. The van der Waals surface area contributed by atoms with E-state index >= 15 is 0 Å². The first-order valence-corrected chi connectivity index (χ1v) is 9.42. The molecule has 0 radical (unpaired) electrons. The van der Waals surface area contributed by atoms with Crippen molar-refractivity contribution >= 4 is 46.1 Å². The first-order chi connectivity index (χ1) is 14.0. The van der Waals surface area contributed by atoms with Crippen LogP contribution in [0.1, 0.15) is 16.8 Å². The molecule has 9 heteroatoms. The summed E-state index contributed by atoms with van der Waals surface area (Å²) in [5.41, 5.74) is 1.30. The summed E-state index contributed by atoms with van der Waals surface area (Å²) < 4.78 is 4.64. The van der Waals surface area contributed by atoms with Gasteiger partial charge in [-0.05, 0) is 36.4 Å². The Bertz CT molecular complexity index is 999. The highest BCUT2D eigenvalue weighted by Crippen LogP contribution is 2.31. The lowest BCUT2D eigenvalue weighted by Gasteiger charge is -2.15. The van der Waals surface area contributed by atoms with Gasteiger partial charge in [0, 0.05) is 6.42 Å². The lowest BCUT2D eigenvalue weighted by Crippen LogP contribution is -2.32. The van der Waals surface area contributed by atoms with Crippen molar-refractivity contribution in [1.82, 2.24) is 5.32 Å². The van der Waals surface area contributed by atoms with Gasteiger partial charge in [-0.1, -0.05) is 30.0 Å². The van der Waals surface area contributed by atoms with Gasteiger partial charge in [0.25, 0.3) is 0 Å². The number of methoxy groups -OCH3 is 1. The lowest BCUT2D eigenvalue weighted by atomic mass is 10.2. The molecular weight excluding hydrogens is 392 g/mol. The van der Waals surface area contributed by atoms with E-state index in [-0.39, 0.29) is 17.5 Å². The number of hydrogen-bond donors (Lipinski definition) is 1. The van der Waals surface area contributed by atoms with Gasteiger partial charge in [-0.15, -0.1) is 0 Å². The molecule has 0 aromatic heterocycles. The van der Waals surface area contributed by atoms with Crippen molar-refractivity contribution in [3.05, 3.63) is 60.2 Å². The van der Waals surface area contributed by atoms with Crippen molar-refractivity contribution in [2.45, 2.75) is 11.7 Å². The second-order valence-electron chi connectivity index (χ2n) is 5.91. The highest BCUT2D eigenvalue weighted by Gasteiger charge is 2.40. The summed E-state index contributed by atoms with van der Waals surface area (Å²) in [5, 5.41) is 10.9. The molecule has 29 heavy (non-hydrogen) atoms. The Labute approximate surface area is 171 Å². The van der Waals surface area contributed by atoms with E-state index in [2.05, 4.69) is 15.0 Å². The lowest BCUT2D eigenvalue weighted by molar-refractivity contribution is -0.121.